The normalized spacial score (nSPS) is 18.8. The van der Waals surface area contributed by atoms with Crippen molar-refractivity contribution < 1.29 is 4.79 Å². The van der Waals surface area contributed by atoms with E-state index in [2.05, 4.69) is 43.4 Å². The summed E-state index contributed by atoms with van der Waals surface area (Å²) < 4.78 is 0. The van der Waals surface area contributed by atoms with Crippen LogP contribution in [0.3, 0.4) is 0 Å². The lowest BCUT2D eigenvalue weighted by Crippen LogP contribution is -2.52. The number of nitrogens with zero attached hydrogens (tertiary/aromatic N) is 1. The summed E-state index contributed by atoms with van der Waals surface area (Å²) in [6, 6.07) is 8.76. The lowest BCUT2D eigenvalue weighted by molar-refractivity contribution is -0.133. The zero-order valence-electron chi connectivity index (χ0n) is 11.7. The van der Waals surface area contributed by atoms with Gasteiger partial charge in [0.25, 0.3) is 0 Å². The van der Waals surface area contributed by atoms with Gasteiger partial charge in [-0.25, -0.2) is 0 Å². The van der Waals surface area contributed by atoms with Crippen molar-refractivity contribution in [2.45, 2.75) is 32.7 Å². The highest BCUT2D eigenvalue weighted by Crippen LogP contribution is 2.10. The average molecular weight is 283 g/mol. The lowest BCUT2D eigenvalue weighted by Gasteiger charge is -2.34. The fourth-order valence-electron chi connectivity index (χ4n) is 2.36. The molecule has 0 saturated carbocycles. The van der Waals surface area contributed by atoms with Gasteiger partial charge in [0.1, 0.15) is 0 Å². The molecule has 1 atom stereocenters. The Bertz CT molecular complexity index is 405. The van der Waals surface area contributed by atoms with E-state index in [9.17, 15) is 4.79 Å². The number of benzene rings is 1. The van der Waals surface area contributed by atoms with E-state index in [1.54, 1.807) is 0 Å². The van der Waals surface area contributed by atoms with Gasteiger partial charge in [-0.15, -0.1) is 12.4 Å². The molecule has 0 aromatic heterocycles. The van der Waals surface area contributed by atoms with Crippen molar-refractivity contribution in [3.63, 3.8) is 0 Å². The monoisotopic (exact) mass is 282 g/mol. The summed E-state index contributed by atoms with van der Waals surface area (Å²) in [5.74, 6) is 0.282. The molecule has 1 N–H and O–H groups in total. The van der Waals surface area contributed by atoms with E-state index in [-0.39, 0.29) is 18.3 Å². The van der Waals surface area contributed by atoms with E-state index in [4.69, 9.17) is 0 Å². The Morgan fingerprint density at radius 2 is 2.05 bits per heavy atom. The zero-order chi connectivity index (χ0) is 13.0. The molecule has 0 radical (unpaired) electrons. The topological polar surface area (TPSA) is 32.3 Å². The van der Waals surface area contributed by atoms with Gasteiger partial charge in [-0.05, 0) is 25.8 Å². The SMILES string of the molecule is Cc1ccc(CCC(=O)N2CCNCC2C)cc1.Cl. The molecule has 1 aromatic rings. The van der Waals surface area contributed by atoms with Crippen LogP contribution in [-0.4, -0.2) is 36.5 Å². The molecule has 1 saturated heterocycles. The van der Waals surface area contributed by atoms with E-state index in [1.807, 2.05) is 4.90 Å². The number of nitrogens with one attached hydrogen (secondary N) is 1. The van der Waals surface area contributed by atoms with Crippen molar-refractivity contribution in [2.75, 3.05) is 19.6 Å². The molecule has 0 spiro atoms. The Balaban J connectivity index is 0.00000180. The summed E-state index contributed by atoms with van der Waals surface area (Å²) in [6.07, 6.45) is 1.46. The molecule has 1 amide bonds. The van der Waals surface area contributed by atoms with Gasteiger partial charge in [-0.2, -0.15) is 0 Å². The predicted octanol–water partition coefficient (Wildman–Crippen LogP) is 2.17. The second kappa shape index (κ2) is 7.51. The second-order valence-electron chi connectivity index (χ2n) is 5.13. The van der Waals surface area contributed by atoms with Crippen LogP contribution < -0.4 is 5.32 Å². The molecule has 19 heavy (non-hydrogen) atoms. The maximum absolute atomic E-state index is 12.1. The number of carbonyl (C=O) groups excluding carboxylic acids is 1. The largest absolute Gasteiger partial charge is 0.337 e. The maximum Gasteiger partial charge on any atom is 0.223 e. The quantitative estimate of drug-likeness (QED) is 0.922. The van der Waals surface area contributed by atoms with Crippen LogP contribution >= 0.6 is 12.4 Å². The molecular weight excluding hydrogens is 260 g/mol. The zero-order valence-corrected chi connectivity index (χ0v) is 12.5. The van der Waals surface area contributed by atoms with Gasteiger partial charge in [0.05, 0.1) is 0 Å². The number of rotatable bonds is 3. The molecule has 0 aliphatic carbocycles. The average Bonchev–Trinajstić information content (AvgIpc) is 2.38. The van der Waals surface area contributed by atoms with Crippen molar-refractivity contribution in [1.82, 2.24) is 10.2 Å². The molecule has 1 fully saturated rings. The number of piperazine rings is 1. The van der Waals surface area contributed by atoms with Gasteiger partial charge in [-0.1, -0.05) is 29.8 Å². The first-order valence-electron chi connectivity index (χ1n) is 6.72. The molecule has 1 heterocycles. The molecule has 1 aliphatic heterocycles. The van der Waals surface area contributed by atoms with Gasteiger partial charge in [0.2, 0.25) is 5.91 Å². The van der Waals surface area contributed by atoms with Crippen LogP contribution in [0.1, 0.15) is 24.5 Å². The smallest absolute Gasteiger partial charge is 0.223 e. The highest BCUT2D eigenvalue weighted by atomic mass is 35.5. The first-order chi connectivity index (χ1) is 8.66. The number of halogens is 1. The van der Waals surface area contributed by atoms with Crippen LogP contribution in [0.25, 0.3) is 0 Å². The number of amides is 1. The second-order valence-corrected chi connectivity index (χ2v) is 5.13. The summed E-state index contributed by atoms with van der Waals surface area (Å²) in [5.41, 5.74) is 2.51. The van der Waals surface area contributed by atoms with E-state index in [1.165, 1.54) is 11.1 Å². The Morgan fingerprint density at radius 3 is 2.68 bits per heavy atom. The molecule has 1 aliphatic rings. The molecule has 0 bridgehead atoms. The molecule has 2 rings (SSSR count). The number of carbonyl (C=O) groups is 1. The lowest BCUT2D eigenvalue weighted by atomic mass is 10.1. The summed E-state index contributed by atoms with van der Waals surface area (Å²) in [4.78, 5) is 14.2. The third kappa shape index (κ3) is 4.51. The predicted molar refractivity (Wildman–Crippen MR) is 80.8 cm³/mol. The van der Waals surface area contributed by atoms with Gasteiger partial charge in [0, 0.05) is 32.1 Å². The van der Waals surface area contributed by atoms with Crippen LogP contribution in [0.4, 0.5) is 0 Å². The van der Waals surface area contributed by atoms with E-state index < -0.39 is 0 Å². The summed E-state index contributed by atoms with van der Waals surface area (Å²) >= 11 is 0. The van der Waals surface area contributed by atoms with Crippen molar-refractivity contribution in [3.05, 3.63) is 35.4 Å². The fourth-order valence-corrected chi connectivity index (χ4v) is 2.36. The number of aryl methyl sites for hydroxylation is 2. The van der Waals surface area contributed by atoms with Crippen LogP contribution in [0, 0.1) is 6.92 Å². The van der Waals surface area contributed by atoms with Crippen LogP contribution in [0.5, 0.6) is 0 Å². The molecular formula is C15H23ClN2O. The molecule has 3 nitrogen and oxygen atoms in total. The first-order valence-corrected chi connectivity index (χ1v) is 6.72. The first kappa shape index (κ1) is 16.0. The van der Waals surface area contributed by atoms with Crippen LogP contribution in [0.2, 0.25) is 0 Å². The van der Waals surface area contributed by atoms with Gasteiger partial charge in [0.15, 0.2) is 0 Å². The van der Waals surface area contributed by atoms with E-state index in [0.29, 0.717) is 12.5 Å². The third-order valence-electron chi connectivity index (χ3n) is 3.57. The molecule has 1 unspecified atom stereocenters. The van der Waals surface area contributed by atoms with Gasteiger partial charge < -0.3 is 10.2 Å². The van der Waals surface area contributed by atoms with E-state index >= 15 is 0 Å². The minimum atomic E-state index is 0. The highest BCUT2D eigenvalue weighted by molar-refractivity contribution is 5.85. The van der Waals surface area contributed by atoms with Crippen molar-refractivity contribution in [2.24, 2.45) is 0 Å². The maximum atomic E-state index is 12.1. The highest BCUT2D eigenvalue weighted by Gasteiger charge is 2.22. The summed E-state index contributed by atoms with van der Waals surface area (Å²) in [6.45, 7) is 6.86. The van der Waals surface area contributed by atoms with Crippen molar-refractivity contribution in [3.8, 4) is 0 Å². The Hall–Kier alpha value is -1.06. The van der Waals surface area contributed by atoms with Gasteiger partial charge >= 0.3 is 0 Å². The Labute approximate surface area is 121 Å². The molecule has 1 aromatic carbocycles. The summed E-state index contributed by atoms with van der Waals surface area (Å²) in [5, 5.41) is 3.31. The van der Waals surface area contributed by atoms with Crippen LogP contribution in [0.15, 0.2) is 24.3 Å². The number of hydrogen-bond acceptors (Lipinski definition) is 2. The van der Waals surface area contributed by atoms with Gasteiger partial charge in [-0.3, -0.25) is 4.79 Å². The Kier molecular flexibility index (Phi) is 6.32. The Morgan fingerprint density at radius 1 is 1.37 bits per heavy atom. The summed E-state index contributed by atoms with van der Waals surface area (Å²) in [7, 11) is 0. The standard InChI is InChI=1S/C15H22N2O.ClH/c1-12-3-5-14(6-4-12)7-8-15(18)17-10-9-16-11-13(17)2;/h3-6,13,16H,7-11H2,1-2H3;1H. The van der Waals surface area contributed by atoms with Crippen molar-refractivity contribution in [1.29, 1.82) is 0 Å². The molecule has 4 heteroatoms. The minimum Gasteiger partial charge on any atom is -0.337 e. The van der Waals surface area contributed by atoms with Crippen LogP contribution in [-0.2, 0) is 11.2 Å². The third-order valence-corrected chi connectivity index (χ3v) is 3.57. The fraction of sp³-hybridized carbons (Fsp3) is 0.533. The molecule has 106 valence electrons. The van der Waals surface area contributed by atoms with E-state index in [0.717, 1.165) is 26.1 Å². The van der Waals surface area contributed by atoms with Crippen molar-refractivity contribution >= 4 is 18.3 Å². The minimum absolute atomic E-state index is 0. The number of hydrogen-bond donors (Lipinski definition) is 1.